The van der Waals surface area contributed by atoms with Crippen LogP contribution in [0.1, 0.15) is 55.5 Å². The Morgan fingerprint density at radius 1 is 1.27 bits per heavy atom. The summed E-state index contributed by atoms with van der Waals surface area (Å²) in [7, 11) is -3.45. The van der Waals surface area contributed by atoms with Crippen LogP contribution in [0.15, 0.2) is 18.2 Å². The third kappa shape index (κ3) is 3.80. The van der Waals surface area contributed by atoms with Gasteiger partial charge in [-0.05, 0) is 55.7 Å². The molecule has 0 radical (unpaired) electrons. The molecule has 0 heterocycles. The number of aryl methyl sites for hydroxylation is 1. The summed E-state index contributed by atoms with van der Waals surface area (Å²) in [5.74, 6) is -0.570. The van der Waals surface area contributed by atoms with Gasteiger partial charge in [0.05, 0.1) is 10.9 Å². The maximum absolute atomic E-state index is 12.6. The van der Waals surface area contributed by atoms with Crippen LogP contribution in [-0.2, 0) is 10.0 Å². The van der Waals surface area contributed by atoms with E-state index < -0.39 is 15.9 Å². The molecule has 6 heteroatoms. The third-order valence-corrected chi connectivity index (χ3v) is 6.35. The van der Waals surface area contributed by atoms with Crippen molar-refractivity contribution in [1.82, 2.24) is 0 Å². The van der Waals surface area contributed by atoms with Crippen LogP contribution < -0.4 is 10.5 Å². The number of carbonyl (C=O) groups excluding carboxylic acids is 1. The Bertz CT molecular complexity index is 671. The van der Waals surface area contributed by atoms with Gasteiger partial charge in [0, 0.05) is 5.56 Å². The number of hydrogen-bond acceptors (Lipinski definition) is 3. The first-order valence-electron chi connectivity index (χ1n) is 7.53. The molecule has 1 aliphatic carbocycles. The fourth-order valence-electron chi connectivity index (χ4n) is 2.80. The summed E-state index contributed by atoms with van der Waals surface area (Å²) < 4.78 is 27.8. The summed E-state index contributed by atoms with van der Waals surface area (Å²) in [6, 6.07) is 4.79. The molecular weight excluding hydrogens is 300 g/mol. The maximum atomic E-state index is 12.6. The number of benzene rings is 1. The zero-order valence-corrected chi connectivity index (χ0v) is 14.2. The van der Waals surface area contributed by atoms with E-state index in [1.54, 1.807) is 19.1 Å². The SMILES string of the molecule is Cc1ccc(C(N)=O)cc1NS(=O)(=O)C1CCC(C)(C)CC1. The number of anilines is 1. The highest BCUT2D eigenvalue weighted by molar-refractivity contribution is 7.93. The number of rotatable bonds is 4. The lowest BCUT2D eigenvalue weighted by atomic mass is 9.77. The number of primary amides is 1. The molecular formula is C16H24N2O3S. The quantitative estimate of drug-likeness (QED) is 0.892. The summed E-state index contributed by atoms with van der Waals surface area (Å²) in [6.45, 7) is 6.14. The van der Waals surface area contributed by atoms with E-state index in [-0.39, 0.29) is 10.7 Å². The topological polar surface area (TPSA) is 89.3 Å². The molecule has 0 aromatic heterocycles. The number of nitrogens with one attached hydrogen (secondary N) is 1. The average molecular weight is 324 g/mol. The molecule has 1 saturated carbocycles. The first-order chi connectivity index (χ1) is 10.1. The Morgan fingerprint density at radius 2 is 1.86 bits per heavy atom. The van der Waals surface area contributed by atoms with Crippen LogP contribution in [0.25, 0.3) is 0 Å². The van der Waals surface area contributed by atoms with Crippen LogP contribution in [0.4, 0.5) is 5.69 Å². The largest absolute Gasteiger partial charge is 0.366 e. The van der Waals surface area contributed by atoms with Gasteiger partial charge in [0.25, 0.3) is 0 Å². The van der Waals surface area contributed by atoms with E-state index in [0.29, 0.717) is 24.1 Å². The molecule has 5 nitrogen and oxygen atoms in total. The van der Waals surface area contributed by atoms with Gasteiger partial charge < -0.3 is 5.73 Å². The summed E-state index contributed by atoms with van der Waals surface area (Å²) in [6.07, 6.45) is 3.13. The second-order valence-electron chi connectivity index (χ2n) is 6.90. The standard InChI is InChI=1S/C16H24N2O3S/c1-11-4-5-12(15(17)19)10-14(11)18-22(20,21)13-6-8-16(2,3)9-7-13/h4-5,10,13,18H,6-9H2,1-3H3,(H2,17,19). The van der Waals surface area contributed by atoms with Crippen molar-refractivity contribution in [2.45, 2.75) is 51.7 Å². The van der Waals surface area contributed by atoms with Crippen LogP contribution in [0.5, 0.6) is 0 Å². The van der Waals surface area contributed by atoms with Gasteiger partial charge in [-0.2, -0.15) is 0 Å². The molecule has 1 aromatic carbocycles. The highest BCUT2D eigenvalue weighted by Gasteiger charge is 2.34. The summed E-state index contributed by atoms with van der Waals surface area (Å²) in [5, 5.41) is -0.378. The molecule has 0 saturated heterocycles. The average Bonchev–Trinajstić information content (AvgIpc) is 2.40. The summed E-state index contributed by atoms with van der Waals surface area (Å²) >= 11 is 0. The van der Waals surface area contributed by atoms with Gasteiger partial charge in [0.15, 0.2) is 0 Å². The lowest BCUT2D eigenvalue weighted by Gasteiger charge is -2.34. The molecule has 1 fully saturated rings. The van der Waals surface area contributed by atoms with Crippen molar-refractivity contribution in [3.05, 3.63) is 29.3 Å². The lowest BCUT2D eigenvalue weighted by Crippen LogP contribution is -2.34. The number of hydrogen-bond donors (Lipinski definition) is 2. The monoisotopic (exact) mass is 324 g/mol. The van der Waals surface area contributed by atoms with Gasteiger partial charge in [-0.15, -0.1) is 0 Å². The molecule has 0 unspecified atom stereocenters. The smallest absolute Gasteiger partial charge is 0.248 e. The van der Waals surface area contributed by atoms with Crippen LogP contribution in [0, 0.1) is 12.3 Å². The normalized spacial score (nSPS) is 18.9. The minimum absolute atomic E-state index is 0.216. The van der Waals surface area contributed by atoms with Gasteiger partial charge in [-0.1, -0.05) is 19.9 Å². The molecule has 0 aliphatic heterocycles. The Kier molecular flexibility index (Phi) is 4.52. The maximum Gasteiger partial charge on any atom is 0.248 e. The van der Waals surface area contributed by atoms with Crippen molar-refractivity contribution in [3.63, 3.8) is 0 Å². The zero-order valence-electron chi connectivity index (χ0n) is 13.3. The Labute approximate surface area is 132 Å². The van der Waals surface area contributed by atoms with Gasteiger partial charge in [-0.25, -0.2) is 8.42 Å². The fraction of sp³-hybridized carbons (Fsp3) is 0.562. The van der Waals surface area contributed by atoms with Crippen LogP contribution in [0.3, 0.4) is 0 Å². The zero-order chi connectivity index (χ0) is 16.5. The third-order valence-electron chi connectivity index (χ3n) is 4.50. The Balaban J connectivity index is 2.19. The molecule has 1 aromatic rings. The van der Waals surface area contributed by atoms with Crippen molar-refractivity contribution in [3.8, 4) is 0 Å². The van der Waals surface area contributed by atoms with Gasteiger partial charge in [0.1, 0.15) is 0 Å². The Morgan fingerprint density at radius 3 is 2.41 bits per heavy atom. The molecule has 0 bridgehead atoms. The molecule has 22 heavy (non-hydrogen) atoms. The highest BCUT2D eigenvalue weighted by atomic mass is 32.2. The number of carbonyl (C=O) groups is 1. The lowest BCUT2D eigenvalue weighted by molar-refractivity contribution is 0.100. The number of nitrogens with two attached hydrogens (primary N) is 1. The van der Waals surface area contributed by atoms with E-state index in [1.807, 2.05) is 0 Å². The number of amides is 1. The molecule has 1 aliphatic rings. The summed E-state index contributed by atoms with van der Waals surface area (Å²) in [5.41, 5.74) is 6.97. The van der Waals surface area contributed by atoms with Crippen molar-refractivity contribution in [2.75, 3.05) is 4.72 Å². The van der Waals surface area contributed by atoms with E-state index in [0.717, 1.165) is 18.4 Å². The fourth-order valence-corrected chi connectivity index (χ4v) is 4.35. The molecule has 0 atom stereocenters. The second-order valence-corrected chi connectivity index (χ2v) is 8.87. The van der Waals surface area contributed by atoms with Crippen LogP contribution in [-0.4, -0.2) is 19.6 Å². The second kappa shape index (κ2) is 5.91. The molecule has 122 valence electrons. The minimum atomic E-state index is -3.45. The molecule has 1 amide bonds. The summed E-state index contributed by atoms with van der Waals surface area (Å²) in [4.78, 5) is 11.2. The van der Waals surface area contributed by atoms with E-state index in [2.05, 4.69) is 18.6 Å². The van der Waals surface area contributed by atoms with Crippen molar-refractivity contribution in [1.29, 1.82) is 0 Å². The van der Waals surface area contributed by atoms with Crippen LogP contribution in [0.2, 0.25) is 0 Å². The molecule has 0 spiro atoms. The van der Waals surface area contributed by atoms with E-state index in [4.69, 9.17) is 5.73 Å². The number of sulfonamides is 1. The predicted octanol–water partition coefficient (Wildman–Crippen LogP) is 2.80. The first-order valence-corrected chi connectivity index (χ1v) is 9.07. The van der Waals surface area contributed by atoms with Gasteiger partial charge >= 0.3 is 0 Å². The van der Waals surface area contributed by atoms with E-state index >= 15 is 0 Å². The minimum Gasteiger partial charge on any atom is -0.366 e. The van der Waals surface area contributed by atoms with E-state index in [9.17, 15) is 13.2 Å². The van der Waals surface area contributed by atoms with Crippen molar-refractivity contribution in [2.24, 2.45) is 11.1 Å². The van der Waals surface area contributed by atoms with Gasteiger partial charge in [0.2, 0.25) is 15.9 Å². The highest BCUT2D eigenvalue weighted by Crippen LogP contribution is 2.38. The van der Waals surface area contributed by atoms with Gasteiger partial charge in [-0.3, -0.25) is 9.52 Å². The molecule has 3 N–H and O–H groups in total. The van der Waals surface area contributed by atoms with Crippen LogP contribution >= 0.6 is 0 Å². The first kappa shape index (κ1) is 16.8. The predicted molar refractivity (Wildman–Crippen MR) is 88.3 cm³/mol. The van der Waals surface area contributed by atoms with Crippen molar-refractivity contribution >= 4 is 21.6 Å². The Hall–Kier alpha value is -1.56. The van der Waals surface area contributed by atoms with Crippen molar-refractivity contribution < 1.29 is 13.2 Å². The molecule has 2 rings (SSSR count). The van der Waals surface area contributed by atoms with E-state index in [1.165, 1.54) is 6.07 Å².